The fraction of sp³-hybridized carbons (Fsp3) is 0.483. The van der Waals surface area contributed by atoms with Gasteiger partial charge >= 0.3 is 0 Å². The van der Waals surface area contributed by atoms with Gasteiger partial charge in [-0.15, -0.1) is 0 Å². The summed E-state index contributed by atoms with van der Waals surface area (Å²) in [6, 6.07) is 12.1. The second kappa shape index (κ2) is 12.8. The number of carbonyl (C=O) groups is 1. The molecule has 2 N–H and O–H groups in total. The third-order valence-corrected chi connectivity index (χ3v) is 7.77. The van der Waals surface area contributed by atoms with E-state index in [4.69, 9.17) is 4.74 Å². The molecule has 0 bridgehead atoms. The van der Waals surface area contributed by atoms with Crippen LogP contribution in [0.4, 0.5) is 17.3 Å². The van der Waals surface area contributed by atoms with Gasteiger partial charge in [0.2, 0.25) is 11.9 Å². The highest BCUT2D eigenvalue weighted by molar-refractivity contribution is 5.92. The number of aromatic nitrogens is 4. The van der Waals surface area contributed by atoms with E-state index in [1.165, 1.54) is 12.8 Å². The molecule has 2 atom stereocenters. The molecule has 1 saturated carbocycles. The van der Waals surface area contributed by atoms with E-state index in [0.29, 0.717) is 37.5 Å². The molecule has 2 unspecified atom stereocenters. The minimum atomic E-state index is -0.0276. The predicted octanol–water partition coefficient (Wildman–Crippen LogP) is 4.78. The second-order valence-electron chi connectivity index (χ2n) is 10.4. The van der Waals surface area contributed by atoms with Crippen molar-refractivity contribution < 1.29 is 9.53 Å². The molecule has 0 radical (unpaired) electrons. The topological polar surface area (TPSA) is 121 Å². The molecule has 1 aliphatic heterocycles. The van der Waals surface area contributed by atoms with Crippen LogP contribution in [0.25, 0.3) is 11.3 Å². The highest BCUT2D eigenvalue weighted by Gasteiger charge is 2.27. The van der Waals surface area contributed by atoms with Crippen molar-refractivity contribution in [3.8, 4) is 17.3 Å². The molecule has 10 nitrogen and oxygen atoms in total. The maximum Gasteiger partial charge on any atom is 0.238 e. The van der Waals surface area contributed by atoms with Gasteiger partial charge < -0.3 is 15.4 Å². The molecule has 2 fully saturated rings. The van der Waals surface area contributed by atoms with Gasteiger partial charge in [-0.2, -0.15) is 10.4 Å². The Labute approximate surface area is 229 Å². The number of nitriles is 1. The van der Waals surface area contributed by atoms with Crippen molar-refractivity contribution in [2.45, 2.75) is 57.0 Å². The van der Waals surface area contributed by atoms with Crippen molar-refractivity contribution in [3.05, 3.63) is 48.9 Å². The molecule has 1 amide bonds. The van der Waals surface area contributed by atoms with Crippen molar-refractivity contribution in [3.63, 3.8) is 0 Å². The molecule has 3 aromatic rings. The zero-order valence-corrected chi connectivity index (χ0v) is 22.4. The number of nitrogens with zero attached hydrogens (tertiary/aromatic N) is 6. The number of hydrogen-bond donors (Lipinski definition) is 2. The number of ether oxygens (including phenoxy) is 1. The van der Waals surface area contributed by atoms with Crippen molar-refractivity contribution in [2.24, 2.45) is 5.92 Å². The number of rotatable bonds is 11. The van der Waals surface area contributed by atoms with E-state index in [1.807, 2.05) is 47.4 Å². The Bertz CT molecular complexity index is 1280. The van der Waals surface area contributed by atoms with Crippen LogP contribution >= 0.6 is 0 Å². The van der Waals surface area contributed by atoms with Crippen LogP contribution in [0.15, 0.2) is 48.9 Å². The van der Waals surface area contributed by atoms with Gasteiger partial charge in [0, 0.05) is 42.5 Å². The summed E-state index contributed by atoms with van der Waals surface area (Å²) in [5.41, 5.74) is 3.21. The molecule has 3 heterocycles. The fourth-order valence-electron chi connectivity index (χ4n) is 5.78. The molecule has 2 aromatic heterocycles. The fourth-order valence-corrected chi connectivity index (χ4v) is 5.78. The Hall–Kier alpha value is -3.81. The lowest BCUT2D eigenvalue weighted by molar-refractivity contribution is -0.117. The van der Waals surface area contributed by atoms with Crippen LogP contribution in [0.1, 0.15) is 51.0 Å². The maximum atomic E-state index is 12.6. The Morgan fingerprint density at radius 2 is 1.95 bits per heavy atom. The van der Waals surface area contributed by atoms with Crippen LogP contribution in [-0.4, -0.2) is 63.4 Å². The minimum Gasteiger partial charge on any atom is -0.383 e. The lowest BCUT2D eigenvalue weighted by Crippen LogP contribution is -2.38. The Morgan fingerprint density at radius 3 is 2.72 bits per heavy atom. The number of methoxy groups -OCH3 is 1. The molecule has 5 rings (SSSR count). The maximum absolute atomic E-state index is 12.6. The van der Waals surface area contributed by atoms with Crippen LogP contribution in [-0.2, 0) is 9.53 Å². The first kappa shape index (κ1) is 26.8. The van der Waals surface area contributed by atoms with E-state index in [9.17, 15) is 10.1 Å². The number of likely N-dealkylation sites (tertiary alicyclic amines) is 1. The summed E-state index contributed by atoms with van der Waals surface area (Å²) in [5, 5.41) is 20.2. The van der Waals surface area contributed by atoms with Crippen molar-refractivity contribution in [1.29, 1.82) is 5.26 Å². The largest absolute Gasteiger partial charge is 0.383 e. The van der Waals surface area contributed by atoms with E-state index in [1.54, 1.807) is 13.3 Å². The summed E-state index contributed by atoms with van der Waals surface area (Å²) in [4.78, 5) is 23.8. The lowest BCUT2D eigenvalue weighted by Gasteiger charge is -2.23. The van der Waals surface area contributed by atoms with Crippen molar-refractivity contribution in [1.82, 2.24) is 24.6 Å². The van der Waals surface area contributed by atoms with E-state index in [-0.39, 0.29) is 11.9 Å². The molecule has 1 aliphatic carbocycles. The molecular formula is C29H36N8O2. The summed E-state index contributed by atoms with van der Waals surface area (Å²) >= 11 is 0. The first-order chi connectivity index (χ1) is 19.1. The number of benzene rings is 1. The summed E-state index contributed by atoms with van der Waals surface area (Å²) in [6.07, 6.45) is 12.9. The number of hydrogen-bond acceptors (Lipinski definition) is 8. The average Bonchev–Trinajstić information content (AvgIpc) is 3.72. The Kier molecular flexibility index (Phi) is 8.81. The molecule has 10 heteroatoms. The van der Waals surface area contributed by atoms with Gasteiger partial charge in [-0.1, -0.05) is 12.8 Å². The highest BCUT2D eigenvalue weighted by atomic mass is 16.5. The van der Waals surface area contributed by atoms with Crippen molar-refractivity contribution >= 4 is 23.2 Å². The van der Waals surface area contributed by atoms with E-state index >= 15 is 0 Å². The van der Waals surface area contributed by atoms with Gasteiger partial charge in [-0.25, -0.2) is 9.97 Å². The monoisotopic (exact) mass is 528 g/mol. The van der Waals surface area contributed by atoms with Crippen LogP contribution in [0.5, 0.6) is 0 Å². The SMILES string of the molecule is COCC1CCCN1CC(=O)Nc1ccc(Nc2nccc(-c3cnn(C(CC#N)C4CCCC4)c3)n2)cc1. The third kappa shape index (κ3) is 6.80. The smallest absolute Gasteiger partial charge is 0.238 e. The van der Waals surface area contributed by atoms with Gasteiger partial charge in [-0.05, 0) is 68.5 Å². The van der Waals surface area contributed by atoms with E-state index in [2.05, 4.69) is 36.7 Å². The Balaban J connectivity index is 1.19. The second-order valence-corrected chi connectivity index (χ2v) is 10.4. The van der Waals surface area contributed by atoms with E-state index < -0.39 is 0 Å². The van der Waals surface area contributed by atoms with Gasteiger partial charge in [0.1, 0.15) is 0 Å². The zero-order chi connectivity index (χ0) is 27.0. The van der Waals surface area contributed by atoms with Gasteiger partial charge in [0.25, 0.3) is 0 Å². The number of amides is 1. The molecule has 1 saturated heterocycles. The quantitative estimate of drug-likeness (QED) is 0.365. The Morgan fingerprint density at radius 1 is 1.15 bits per heavy atom. The van der Waals surface area contributed by atoms with Crippen LogP contribution in [0.2, 0.25) is 0 Å². The van der Waals surface area contributed by atoms with Gasteiger partial charge in [-0.3, -0.25) is 14.4 Å². The molecular weight excluding hydrogens is 492 g/mol. The first-order valence-electron chi connectivity index (χ1n) is 13.8. The van der Waals surface area contributed by atoms with E-state index in [0.717, 1.165) is 54.9 Å². The summed E-state index contributed by atoms with van der Waals surface area (Å²) < 4.78 is 7.23. The first-order valence-corrected chi connectivity index (χ1v) is 13.8. The molecule has 1 aromatic carbocycles. The highest BCUT2D eigenvalue weighted by Crippen LogP contribution is 2.36. The van der Waals surface area contributed by atoms with Crippen LogP contribution in [0, 0.1) is 17.2 Å². The average molecular weight is 529 g/mol. The van der Waals surface area contributed by atoms with Gasteiger partial charge in [0.05, 0.1) is 43.6 Å². The number of anilines is 3. The third-order valence-electron chi connectivity index (χ3n) is 7.77. The molecule has 0 spiro atoms. The molecule has 204 valence electrons. The number of carbonyl (C=O) groups excluding carboxylic acids is 1. The number of nitrogens with one attached hydrogen (secondary N) is 2. The summed E-state index contributed by atoms with van der Waals surface area (Å²) in [5.74, 6) is 0.945. The normalized spacial score (nSPS) is 18.6. The zero-order valence-electron chi connectivity index (χ0n) is 22.4. The van der Waals surface area contributed by atoms with Crippen molar-refractivity contribution in [2.75, 3.05) is 37.4 Å². The predicted molar refractivity (Wildman–Crippen MR) is 149 cm³/mol. The van der Waals surface area contributed by atoms with Crippen LogP contribution < -0.4 is 10.6 Å². The van der Waals surface area contributed by atoms with Crippen LogP contribution in [0.3, 0.4) is 0 Å². The summed E-state index contributed by atoms with van der Waals surface area (Å²) in [7, 11) is 1.70. The standard InChI is InChI=1S/C29H36N8O2/c1-39-20-25-7-4-16-36(25)19-28(38)33-23-8-10-24(11-9-23)34-29-31-15-13-26(35-29)22-17-32-37(18-22)27(12-14-30)21-5-2-3-6-21/h8-11,13,15,17-18,21,25,27H,2-7,12,16,19-20H2,1H3,(H,33,38)(H,31,34,35). The minimum absolute atomic E-state index is 0.0276. The van der Waals surface area contributed by atoms with Gasteiger partial charge in [0.15, 0.2) is 0 Å². The molecule has 39 heavy (non-hydrogen) atoms. The molecule has 2 aliphatic rings. The lowest BCUT2D eigenvalue weighted by atomic mass is 9.96. The summed E-state index contributed by atoms with van der Waals surface area (Å²) in [6.45, 7) is 1.94.